The van der Waals surface area contributed by atoms with Gasteiger partial charge in [-0.2, -0.15) is 0 Å². The van der Waals surface area contributed by atoms with E-state index in [4.69, 9.17) is 11.5 Å². The molecule has 0 radical (unpaired) electrons. The van der Waals surface area contributed by atoms with Gasteiger partial charge in [-0.1, -0.05) is 0 Å². The number of hydrogen-bond acceptors (Lipinski definition) is 6. The number of aromatic nitrogens is 1. The smallest absolute Gasteiger partial charge is 0.164 e. The molecule has 0 saturated heterocycles. The topological polar surface area (TPSA) is 94.4 Å². The maximum absolute atomic E-state index is 11.4. The lowest BCUT2D eigenvalue weighted by Gasteiger charge is -2.05. The summed E-state index contributed by atoms with van der Waals surface area (Å²) in [5.74, 6) is -0.112. The van der Waals surface area contributed by atoms with Crippen LogP contribution >= 0.6 is 11.3 Å². The van der Waals surface area contributed by atoms with Crippen LogP contribution in [0, 0.1) is 0 Å². The van der Waals surface area contributed by atoms with Gasteiger partial charge in [-0.25, -0.2) is 4.98 Å². The van der Waals surface area contributed by atoms with E-state index in [1.807, 2.05) is 13.8 Å². The molecule has 0 amide bonds. The number of thiazole rings is 1. The highest BCUT2D eigenvalue weighted by Crippen LogP contribution is 2.28. The van der Waals surface area contributed by atoms with Crippen molar-refractivity contribution in [2.24, 2.45) is 16.5 Å². The van der Waals surface area contributed by atoms with Crippen LogP contribution < -0.4 is 11.5 Å². The van der Waals surface area contributed by atoms with Crippen molar-refractivity contribution in [2.45, 2.75) is 20.8 Å². The summed E-state index contributed by atoms with van der Waals surface area (Å²) in [6.45, 7) is 5.16. The first-order chi connectivity index (χ1) is 8.92. The van der Waals surface area contributed by atoms with Crippen LogP contribution in [0.4, 0.5) is 0 Å². The molecule has 0 aliphatic heterocycles. The molecule has 19 heavy (non-hydrogen) atoms. The quantitative estimate of drug-likeness (QED) is 0.648. The summed E-state index contributed by atoms with van der Waals surface area (Å²) in [4.78, 5) is 20.7. The van der Waals surface area contributed by atoms with Gasteiger partial charge < -0.3 is 11.5 Å². The first-order valence-electron chi connectivity index (χ1n) is 5.71. The molecule has 0 atom stereocenters. The molecular weight excluding hydrogens is 260 g/mol. The molecule has 0 fully saturated rings. The summed E-state index contributed by atoms with van der Waals surface area (Å²) < 4.78 is 0. The van der Waals surface area contributed by atoms with Gasteiger partial charge in [0.15, 0.2) is 5.78 Å². The van der Waals surface area contributed by atoms with Crippen LogP contribution in [0.2, 0.25) is 0 Å². The van der Waals surface area contributed by atoms with Crippen molar-refractivity contribution < 1.29 is 4.79 Å². The van der Waals surface area contributed by atoms with Crippen LogP contribution in [0.15, 0.2) is 23.1 Å². The Morgan fingerprint density at radius 1 is 1.42 bits per heavy atom. The minimum atomic E-state index is -0.112. The van der Waals surface area contributed by atoms with Crippen molar-refractivity contribution in [3.05, 3.63) is 28.0 Å². The maximum atomic E-state index is 11.4. The van der Waals surface area contributed by atoms with Crippen LogP contribution in [0.25, 0.3) is 11.1 Å². The number of allylic oxidation sites excluding steroid dienone is 3. The van der Waals surface area contributed by atoms with E-state index < -0.39 is 0 Å². The van der Waals surface area contributed by atoms with Gasteiger partial charge in [-0.3, -0.25) is 9.79 Å². The Morgan fingerprint density at radius 3 is 2.47 bits per heavy atom. The lowest BCUT2D eigenvalue weighted by Crippen LogP contribution is -2.04. The maximum Gasteiger partial charge on any atom is 0.164 e. The van der Waals surface area contributed by atoms with Crippen molar-refractivity contribution in [1.82, 2.24) is 4.98 Å². The molecular formula is C13H18N4OS. The molecule has 6 heteroatoms. The van der Waals surface area contributed by atoms with E-state index in [0.29, 0.717) is 16.3 Å². The summed E-state index contributed by atoms with van der Waals surface area (Å²) in [6, 6.07) is 0. The molecule has 5 nitrogen and oxygen atoms in total. The normalized spacial score (nSPS) is 14.3. The number of Topliss-reactive ketones (excluding diaryl/α,β-unsaturated/α-hetero) is 1. The minimum absolute atomic E-state index is 0.112. The third kappa shape index (κ3) is 3.29. The van der Waals surface area contributed by atoms with Gasteiger partial charge in [0, 0.05) is 36.4 Å². The third-order valence-corrected chi connectivity index (χ3v) is 3.67. The zero-order chi connectivity index (χ0) is 14.6. The van der Waals surface area contributed by atoms with Gasteiger partial charge >= 0.3 is 0 Å². The summed E-state index contributed by atoms with van der Waals surface area (Å²) in [6.07, 6.45) is 2.97. The van der Waals surface area contributed by atoms with Gasteiger partial charge in [-0.15, -0.1) is 11.3 Å². The number of ketones is 1. The highest BCUT2D eigenvalue weighted by Gasteiger charge is 2.15. The average molecular weight is 278 g/mol. The lowest BCUT2D eigenvalue weighted by molar-refractivity contribution is -0.111. The second-order valence-electron chi connectivity index (χ2n) is 4.03. The van der Waals surface area contributed by atoms with Crippen molar-refractivity contribution >= 4 is 34.0 Å². The highest BCUT2D eigenvalue weighted by molar-refractivity contribution is 7.14. The molecule has 1 aromatic rings. The monoisotopic (exact) mass is 278 g/mol. The van der Waals surface area contributed by atoms with E-state index in [9.17, 15) is 4.79 Å². The van der Waals surface area contributed by atoms with Crippen molar-refractivity contribution in [3.63, 3.8) is 0 Å². The second-order valence-corrected chi connectivity index (χ2v) is 5.06. The molecule has 1 rings (SSSR count). The van der Waals surface area contributed by atoms with E-state index in [0.717, 1.165) is 16.2 Å². The van der Waals surface area contributed by atoms with Gasteiger partial charge in [0.25, 0.3) is 0 Å². The first kappa shape index (κ1) is 15.1. The molecule has 0 aliphatic rings. The first-order valence-corrected chi connectivity index (χ1v) is 6.53. The van der Waals surface area contributed by atoms with Crippen LogP contribution in [-0.4, -0.2) is 23.5 Å². The summed E-state index contributed by atoms with van der Waals surface area (Å²) in [7, 11) is 1.71. The number of nitrogens with two attached hydrogens (primary N) is 2. The Morgan fingerprint density at radius 2 is 2.05 bits per heavy atom. The van der Waals surface area contributed by atoms with E-state index in [1.54, 1.807) is 13.2 Å². The Balaban J connectivity index is 3.30. The molecule has 4 N–H and O–H groups in total. The largest absolute Gasteiger partial charge is 0.404 e. The summed E-state index contributed by atoms with van der Waals surface area (Å²) in [5.41, 5.74) is 14.1. The molecule has 0 saturated carbocycles. The van der Waals surface area contributed by atoms with Gasteiger partial charge in [-0.05, 0) is 20.8 Å². The van der Waals surface area contributed by atoms with E-state index in [1.165, 1.54) is 24.5 Å². The van der Waals surface area contributed by atoms with Crippen LogP contribution in [0.3, 0.4) is 0 Å². The van der Waals surface area contributed by atoms with Crippen molar-refractivity contribution in [1.29, 1.82) is 0 Å². The zero-order valence-corrected chi connectivity index (χ0v) is 12.3. The highest BCUT2D eigenvalue weighted by atomic mass is 32.1. The lowest BCUT2D eigenvalue weighted by atomic mass is 10.1. The van der Waals surface area contributed by atoms with Crippen LogP contribution in [-0.2, 0) is 4.79 Å². The Hall–Kier alpha value is -1.95. The predicted molar refractivity (Wildman–Crippen MR) is 80.8 cm³/mol. The standard InChI is InChI=1S/C13H18N4OS/c1-7(15)12(8(2)16-4)11-6-17-13(19-11)10(5-14)9(3)18/h5-6H,14-15H2,1-4H3/b10-5-,12-7+,16-8?. The van der Waals surface area contributed by atoms with Crippen molar-refractivity contribution in [3.8, 4) is 0 Å². The fraction of sp³-hybridized carbons (Fsp3) is 0.308. The zero-order valence-electron chi connectivity index (χ0n) is 11.5. The molecule has 102 valence electrons. The van der Waals surface area contributed by atoms with E-state index >= 15 is 0 Å². The second kappa shape index (κ2) is 6.29. The number of carbonyl (C=O) groups excluding carboxylic acids is 1. The number of nitrogens with zero attached hydrogens (tertiary/aromatic N) is 2. The Kier molecular flexibility index (Phi) is 5.00. The fourth-order valence-electron chi connectivity index (χ4n) is 1.62. The minimum Gasteiger partial charge on any atom is -0.404 e. The predicted octanol–water partition coefficient (Wildman–Crippen LogP) is 1.81. The number of aliphatic imine (C=N–C) groups is 1. The molecule has 0 aliphatic carbocycles. The molecule has 0 spiro atoms. The van der Waals surface area contributed by atoms with Gasteiger partial charge in [0.2, 0.25) is 0 Å². The number of carbonyl (C=O) groups is 1. The number of rotatable bonds is 4. The van der Waals surface area contributed by atoms with Gasteiger partial charge in [0.05, 0.1) is 10.5 Å². The Bertz CT molecular complexity index is 577. The molecule has 0 bridgehead atoms. The summed E-state index contributed by atoms with van der Waals surface area (Å²) in [5, 5.41) is 0.590. The average Bonchev–Trinajstić information content (AvgIpc) is 2.78. The van der Waals surface area contributed by atoms with E-state index in [-0.39, 0.29) is 5.78 Å². The van der Waals surface area contributed by atoms with E-state index in [2.05, 4.69) is 9.98 Å². The van der Waals surface area contributed by atoms with Crippen LogP contribution in [0.5, 0.6) is 0 Å². The Labute approximate surface area is 116 Å². The third-order valence-electron chi connectivity index (χ3n) is 2.62. The van der Waals surface area contributed by atoms with Crippen molar-refractivity contribution in [2.75, 3.05) is 7.05 Å². The SMILES string of the molecule is CN=C(C)/C(=C(/C)N)c1cnc(/C(=C\N)C(C)=O)s1. The number of hydrogen-bond donors (Lipinski definition) is 2. The molecule has 0 unspecified atom stereocenters. The van der Waals surface area contributed by atoms with Crippen LogP contribution in [0.1, 0.15) is 30.7 Å². The molecule has 1 heterocycles. The summed E-state index contributed by atoms with van der Waals surface area (Å²) >= 11 is 1.38. The molecule has 0 aromatic carbocycles. The van der Waals surface area contributed by atoms with Gasteiger partial charge in [0.1, 0.15) is 5.01 Å². The fourth-order valence-corrected chi connectivity index (χ4v) is 2.77. The molecule has 1 aromatic heterocycles.